The van der Waals surface area contributed by atoms with Gasteiger partial charge in [0.1, 0.15) is 12.3 Å². The highest BCUT2D eigenvalue weighted by molar-refractivity contribution is 6.08. The van der Waals surface area contributed by atoms with E-state index in [2.05, 4.69) is 10.6 Å². The number of hydrogen-bond acceptors (Lipinski definition) is 4. The Labute approximate surface area is 194 Å². The number of rotatable bonds is 5. The number of benzene rings is 2. The molecule has 1 saturated carbocycles. The first-order chi connectivity index (χ1) is 15.6. The Hall–Kier alpha value is -3.35. The smallest absolute Gasteiger partial charge is 0.271 e. The van der Waals surface area contributed by atoms with Crippen LogP contribution in [0.1, 0.15) is 61.0 Å². The van der Waals surface area contributed by atoms with Crippen molar-refractivity contribution in [1.82, 2.24) is 5.32 Å². The van der Waals surface area contributed by atoms with Gasteiger partial charge in [0, 0.05) is 17.3 Å². The van der Waals surface area contributed by atoms with Gasteiger partial charge in [0.25, 0.3) is 11.8 Å². The number of nitrogens with one attached hydrogen (secondary N) is 2. The van der Waals surface area contributed by atoms with Crippen LogP contribution in [-0.4, -0.2) is 35.9 Å². The lowest BCUT2D eigenvalue weighted by molar-refractivity contribution is -0.133. The molecule has 174 valence electrons. The van der Waals surface area contributed by atoms with E-state index in [4.69, 9.17) is 4.74 Å². The summed E-state index contributed by atoms with van der Waals surface area (Å²) in [6, 6.07) is 11.0. The van der Waals surface area contributed by atoms with Crippen molar-refractivity contribution >= 4 is 29.1 Å². The summed E-state index contributed by atoms with van der Waals surface area (Å²) in [5.41, 5.74) is 2.42. The molecule has 3 amide bonds. The Kier molecular flexibility index (Phi) is 6.15. The van der Waals surface area contributed by atoms with E-state index in [0.29, 0.717) is 22.7 Å². The van der Waals surface area contributed by atoms with Crippen molar-refractivity contribution in [1.29, 1.82) is 0 Å². The maximum atomic E-state index is 13.2. The number of anilines is 2. The SMILES string of the molecule is Cc1ccc(C)c(NC(=O)CN2C(=O)C(C)(C)Oc3ccc(C(=O)NC4CCCC4)cc32)c1. The fourth-order valence-electron chi connectivity index (χ4n) is 4.41. The van der Waals surface area contributed by atoms with Crippen LogP contribution in [0.5, 0.6) is 5.75 Å². The maximum absolute atomic E-state index is 13.2. The molecule has 0 unspecified atom stereocenters. The Morgan fingerprint density at radius 2 is 1.82 bits per heavy atom. The highest BCUT2D eigenvalue weighted by Crippen LogP contribution is 2.38. The van der Waals surface area contributed by atoms with Crippen LogP contribution < -0.4 is 20.3 Å². The summed E-state index contributed by atoms with van der Waals surface area (Å²) in [6.07, 6.45) is 4.21. The summed E-state index contributed by atoms with van der Waals surface area (Å²) in [6.45, 7) is 7.04. The molecule has 7 nitrogen and oxygen atoms in total. The van der Waals surface area contributed by atoms with Crippen LogP contribution in [0.3, 0.4) is 0 Å². The number of ether oxygens (including phenoxy) is 1. The summed E-state index contributed by atoms with van der Waals surface area (Å²) in [4.78, 5) is 40.3. The Bertz CT molecular complexity index is 1100. The average Bonchev–Trinajstić information content (AvgIpc) is 3.26. The lowest BCUT2D eigenvalue weighted by Crippen LogP contribution is -2.54. The van der Waals surface area contributed by atoms with E-state index in [-0.39, 0.29) is 30.3 Å². The molecule has 0 radical (unpaired) electrons. The van der Waals surface area contributed by atoms with E-state index in [1.807, 2.05) is 32.0 Å². The fraction of sp³-hybridized carbons (Fsp3) is 0.423. The normalized spacial score (nSPS) is 17.3. The summed E-state index contributed by atoms with van der Waals surface area (Å²) < 4.78 is 5.91. The minimum Gasteiger partial charge on any atom is -0.476 e. The van der Waals surface area contributed by atoms with Crippen LogP contribution in [-0.2, 0) is 9.59 Å². The van der Waals surface area contributed by atoms with Crippen molar-refractivity contribution in [3.8, 4) is 5.75 Å². The first kappa shape index (κ1) is 22.8. The molecule has 0 spiro atoms. The van der Waals surface area contributed by atoms with Gasteiger partial charge >= 0.3 is 0 Å². The molecule has 1 aliphatic carbocycles. The average molecular weight is 450 g/mol. The Morgan fingerprint density at radius 3 is 2.55 bits per heavy atom. The van der Waals surface area contributed by atoms with Crippen LogP contribution in [0.2, 0.25) is 0 Å². The van der Waals surface area contributed by atoms with Crippen LogP contribution in [0.4, 0.5) is 11.4 Å². The van der Waals surface area contributed by atoms with Crippen molar-refractivity contribution in [3.05, 3.63) is 53.1 Å². The van der Waals surface area contributed by atoms with E-state index in [1.54, 1.807) is 32.0 Å². The quantitative estimate of drug-likeness (QED) is 0.719. The molecule has 0 saturated heterocycles. The number of nitrogens with zero attached hydrogens (tertiary/aromatic N) is 1. The third-order valence-corrected chi connectivity index (χ3v) is 6.30. The van der Waals surface area contributed by atoms with Crippen molar-refractivity contribution < 1.29 is 19.1 Å². The van der Waals surface area contributed by atoms with Crippen LogP contribution in [0, 0.1) is 13.8 Å². The van der Waals surface area contributed by atoms with Gasteiger partial charge in [0.15, 0.2) is 5.60 Å². The molecule has 0 aromatic heterocycles. The molecule has 7 heteroatoms. The topological polar surface area (TPSA) is 87.7 Å². The largest absolute Gasteiger partial charge is 0.476 e. The zero-order valence-electron chi connectivity index (χ0n) is 19.7. The lowest BCUT2D eigenvalue weighted by Gasteiger charge is -2.38. The lowest BCUT2D eigenvalue weighted by atomic mass is 10.0. The first-order valence-corrected chi connectivity index (χ1v) is 11.5. The van der Waals surface area contributed by atoms with Gasteiger partial charge in [-0.1, -0.05) is 25.0 Å². The van der Waals surface area contributed by atoms with Crippen molar-refractivity contribution in [3.63, 3.8) is 0 Å². The number of fused-ring (bicyclic) bond motifs is 1. The summed E-state index contributed by atoms with van der Waals surface area (Å²) in [7, 11) is 0. The second kappa shape index (κ2) is 8.89. The Balaban J connectivity index is 1.59. The van der Waals surface area contributed by atoms with Crippen LogP contribution in [0.15, 0.2) is 36.4 Å². The van der Waals surface area contributed by atoms with E-state index in [9.17, 15) is 14.4 Å². The monoisotopic (exact) mass is 449 g/mol. The highest BCUT2D eigenvalue weighted by atomic mass is 16.5. The highest BCUT2D eigenvalue weighted by Gasteiger charge is 2.42. The van der Waals surface area contributed by atoms with Gasteiger partial charge in [0.2, 0.25) is 5.91 Å². The van der Waals surface area contributed by atoms with Gasteiger partial charge in [-0.25, -0.2) is 0 Å². The molecule has 4 rings (SSSR count). The predicted molar refractivity (Wildman–Crippen MR) is 128 cm³/mol. The minimum atomic E-state index is -1.12. The number of carbonyl (C=O) groups is 3. The van der Waals surface area contributed by atoms with E-state index >= 15 is 0 Å². The minimum absolute atomic E-state index is 0.179. The molecule has 2 aromatic carbocycles. The number of carbonyl (C=O) groups excluding carboxylic acids is 3. The van der Waals surface area contributed by atoms with Crippen molar-refractivity contribution in [2.45, 2.75) is 65.0 Å². The van der Waals surface area contributed by atoms with Crippen LogP contribution >= 0.6 is 0 Å². The fourth-order valence-corrected chi connectivity index (χ4v) is 4.41. The molecule has 2 aromatic rings. The van der Waals surface area contributed by atoms with E-state index < -0.39 is 5.60 Å². The summed E-state index contributed by atoms with van der Waals surface area (Å²) in [5.74, 6) is -0.362. The van der Waals surface area contributed by atoms with Gasteiger partial charge in [-0.2, -0.15) is 0 Å². The zero-order valence-corrected chi connectivity index (χ0v) is 19.7. The molecular formula is C26H31N3O4. The molecular weight excluding hydrogens is 418 g/mol. The molecule has 33 heavy (non-hydrogen) atoms. The zero-order chi connectivity index (χ0) is 23.8. The third-order valence-electron chi connectivity index (χ3n) is 6.30. The van der Waals surface area contributed by atoms with Crippen LogP contribution in [0.25, 0.3) is 0 Å². The van der Waals surface area contributed by atoms with Gasteiger partial charge in [-0.05, 0) is 75.9 Å². The molecule has 0 atom stereocenters. The molecule has 2 aliphatic rings. The summed E-state index contributed by atoms with van der Waals surface area (Å²) in [5, 5.41) is 5.98. The van der Waals surface area contributed by atoms with Gasteiger partial charge in [-0.15, -0.1) is 0 Å². The van der Waals surface area contributed by atoms with E-state index in [0.717, 1.165) is 36.8 Å². The second-order valence-electron chi connectivity index (χ2n) is 9.51. The van der Waals surface area contributed by atoms with Crippen molar-refractivity contribution in [2.24, 2.45) is 0 Å². The third kappa shape index (κ3) is 4.87. The predicted octanol–water partition coefficient (Wildman–Crippen LogP) is 4.12. The number of aryl methyl sites for hydroxylation is 2. The standard InChI is InChI=1S/C26H31N3O4/c1-16-9-10-17(2)20(13-16)28-23(30)15-29-21-14-18(24(31)27-19-7-5-6-8-19)11-12-22(21)33-26(3,4)25(29)32/h9-14,19H,5-8,15H2,1-4H3,(H,27,31)(H,28,30). The van der Waals surface area contributed by atoms with Crippen molar-refractivity contribution in [2.75, 3.05) is 16.8 Å². The van der Waals surface area contributed by atoms with Gasteiger partial charge < -0.3 is 15.4 Å². The molecule has 1 aliphatic heterocycles. The maximum Gasteiger partial charge on any atom is 0.271 e. The Morgan fingerprint density at radius 1 is 1.09 bits per heavy atom. The second-order valence-corrected chi connectivity index (χ2v) is 9.51. The molecule has 1 fully saturated rings. The summed E-state index contributed by atoms with van der Waals surface area (Å²) >= 11 is 0. The molecule has 2 N–H and O–H groups in total. The molecule has 1 heterocycles. The first-order valence-electron chi connectivity index (χ1n) is 11.5. The molecule has 0 bridgehead atoms. The van der Waals surface area contributed by atoms with Gasteiger partial charge in [-0.3, -0.25) is 19.3 Å². The van der Waals surface area contributed by atoms with Gasteiger partial charge in [0.05, 0.1) is 5.69 Å². The number of amides is 3. The number of hydrogen-bond donors (Lipinski definition) is 2. The van der Waals surface area contributed by atoms with E-state index in [1.165, 1.54) is 4.90 Å².